The van der Waals surface area contributed by atoms with Crippen molar-refractivity contribution in [1.29, 1.82) is 0 Å². The van der Waals surface area contributed by atoms with Crippen LogP contribution in [0.25, 0.3) is 0 Å². The molecule has 0 aliphatic heterocycles. The molecule has 0 fully saturated rings. The number of ether oxygens (including phenoxy) is 2. The van der Waals surface area contributed by atoms with Gasteiger partial charge in [-0.25, -0.2) is 0 Å². The Balaban J connectivity index is 6.96. The average molecular weight is 1480 g/mol. The first-order valence-electron chi connectivity index (χ1n) is 41.0. The molecule has 0 aromatic rings. The number of rotatable bonds is 59. The summed E-state index contributed by atoms with van der Waals surface area (Å²) in [4.78, 5) is 101. The predicted octanol–water partition coefficient (Wildman–Crippen LogP) is 12.4. The van der Waals surface area contributed by atoms with Gasteiger partial charge < -0.3 is 73.3 Å². The molecule has 7 atom stereocenters. The maximum Gasteiger partial charge on any atom is 0.243 e. The van der Waals surface area contributed by atoms with Gasteiger partial charge in [0, 0.05) is 83.3 Å². The Bertz CT molecular complexity index is 2350. The van der Waals surface area contributed by atoms with E-state index in [0.717, 1.165) is 90.4 Å². The molecule has 0 rings (SSSR count). The average Bonchev–Trinajstić information content (AvgIpc) is 0.906. The van der Waals surface area contributed by atoms with Gasteiger partial charge in [0.15, 0.2) is 5.78 Å². The Morgan fingerprint density at radius 3 is 0.856 bits per heavy atom. The molecule has 0 heterocycles. The van der Waals surface area contributed by atoms with Crippen LogP contribution >= 0.6 is 0 Å². The Hall–Kier alpha value is -3.51. The van der Waals surface area contributed by atoms with E-state index in [1.165, 1.54) is 0 Å². The van der Waals surface area contributed by atoms with Gasteiger partial charge in [-0.15, -0.1) is 0 Å². The molecule has 0 bridgehead atoms. The SMILES string of the molecule is CCOCCOCCCC(=O)C(CCCCNC(=O)C(CCCCCC(=O)C(CCCCNC(C)(C)C)NC(C)(C)C)NC(=O)C(CCCCNC(C)(C)C)NC(C)(C)C)NC(=O)C(CCCCCC(=O)C(CCCCNC(C)(C)C)NC(C)(C)C)NC(=O)C(CCCCNC(C)(C)C)NC(C)(C)C. The van der Waals surface area contributed by atoms with Crippen LogP contribution in [0.3, 0.4) is 0 Å². The van der Waals surface area contributed by atoms with Crippen molar-refractivity contribution in [2.45, 2.75) is 433 Å². The lowest BCUT2D eigenvalue weighted by Crippen LogP contribution is -2.57. The van der Waals surface area contributed by atoms with Crippen molar-refractivity contribution in [3.8, 4) is 0 Å². The zero-order chi connectivity index (χ0) is 79.4. The zero-order valence-corrected chi connectivity index (χ0v) is 71.7. The van der Waals surface area contributed by atoms with Crippen molar-refractivity contribution in [2.75, 3.05) is 59.2 Å². The molecule has 0 saturated heterocycles. The highest BCUT2D eigenvalue weighted by atomic mass is 16.5. The first-order chi connectivity index (χ1) is 48.0. The molecule has 612 valence electrons. The molecule has 0 saturated carbocycles. The Kier molecular flexibility index (Phi) is 50.1. The van der Waals surface area contributed by atoms with Gasteiger partial charge in [-0.1, -0.05) is 51.4 Å². The number of carbonyl (C=O) groups is 7. The molecule has 4 amide bonds. The van der Waals surface area contributed by atoms with Crippen molar-refractivity contribution in [3.05, 3.63) is 0 Å². The number of nitrogens with one attached hydrogen (secondary N) is 12. The molecule has 104 heavy (non-hydrogen) atoms. The molecule has 12 N–H and O–H groups in total. The van der Waals surface area contributed by atoms with Gasteiger partial charge in [-0.3, -0.25) is 33.6 Å². The summed E-state index contributed by atoms with van der Waals surface area (Å²) in [5, 5.41) is 41.0. The molecule has 0 aliphatic rings. The second-order valence-electron chi connectivity index (χ2n) is 38.0. The largest absolute Gasteiger partial charge is 0.379 e. The van der Waals surface area contributed by atoms with Crippen LogP contribution in [0.15, 0.2) is 0 Å². The summed E-state index contributed by atoms with van der Waals surface area (Å²) in [5.41, 5.74) is -1.25. The number of ketones is 3. The predicted molar refractivity (Wildman–Crippen MR) is 434 cm³/mol. The summed E-state index contributed by atoms with van der Waals surface area (Å²) >= 11 is 0. The fourth-order valence-corrected chi connectivity index (χ4v) is 12.4. The third kappa shape index (κ3) is 59.4. The highest BCUT2D eigenvalue weighted by Gasteiger charge is 2.33. The summed E-state index contributed by atoms with van der Waals surface area (Å²) in [6.45, 7) is 57.8. The van der Waals surface area contributed by atoms with E-state index in [4.69, 9.17) is 9.47 Å². The molecular formula is C83H166N12O9. The number of hydrogen-bond donors (Lipinski definition) is 12. The number of hydrogen-bond acceptors (Lipinski definition) is 17. The van der Waals surface area contributed by atoms with E-state index in [9.17, 15) is 33.6 Å². The summed E-state index contributed by atoms with van der Waals surface area (Å²) < 4.78 is 11.2. The van der Waals surface area contributed by atoms with Crippen molar-refractivity contribution in [3.63, 3.8) is 0 Å². The van der Waals surface area contributed by atoms with Crippen molar-refractivity contribution in [1.82, 2.24) is 63.8 Å². The Labute approximate surface area is 637 Å². The van der Waals surface area contributed by atoms with Gasteiger partial charge in [0.05, 0.1) is 43.4 Å². The second kappa shape index (κ2) is 51.8. The van der Waals surface area contributed by atoms with Crippen LogP contribution in [-0.4, -0.2) is 187 Å². The van der Waals surface area contributed by atoms with Crippen molar-refractivity contribution >= 4 is 41.0 Å². The first kappa shape index (κ1) is 100. The number of carbonyl (C=O) groups excluding carboxylic acids is 7. The topological polar surface area (TPSA) is 282 Å². The minimum atomic E-state index is -0.964. The van der Waals surface area contributed by atoms with Gasteiger partial charge in [-0.05, 0) is 302 Å². The molecule has 7 unspecified atom stereocenters. The van der Waals surface area contributed by atoms with E-state index in [0.29, 0.717) is 123 Å². The fourth-order valence-electron chi connectivity index (χ4n) is 12.4. The molecule has 0 aromatic carbocycles. The first-order valence-corrected chi connectivity index (χ1v) is 41.0. The monoisotopic (exact) mass is 1480 g/mol. The number of amides is 4. The summed E-state index contributed by atoms with van der Waals surface area (Å²) in [6.07, 6.45) is 16.9. The van der Waals surface area contributed by atoms with E-state index in [2.05, 4.69) is 188 Å². The molecule has 0 spiro atoms. The maximum atomic E-state index is 14.9. The van der Waals surface area contributed by atoms with E-state index in [1.807, 2.05) is 48.5 Å². The number of unbranched alkanes of at least 4 members (excludes halogenated alkanes) is 9. The molecule has 0 radical (unpaired) electrons. The highest BCUT2D eigenvalue weighted by molar-refractivity contribution is 5.94. The van der Waals surface area contributed by atoms with Gasteiger partial charge in [0.2, 0.25) is 23.6 Å². The Morgan fingerprint density at radius 1 is 0.250 bits per heavy atom. The lowest BCUT2D eigenvalue weighted by atomic mass is 9.96. The number of Topliss-reactive ketones (excluding diaryl/α,β-unsaturated/α-hetero) is 3. The minimum Gasteiger partial charge on any atom is -0.379 e. The molecule has 21 nitrogen and oxygen atoms in total. The zero-order valence-electron chi connectivity index (χ0n) is 71.7. The van der Waals surface area contributed by atoms with E-state index < -0.39 is 41.7 Å². The molecule has 0 aromatic heterocycles. The van der Waals surface area contributed by atoms with Crippen LogP contribution in [0.1, 0.15) is 346 Å². The third-order valence-corrected chi connectivity index (χ3v) is 17.4. The third-order valence-electron chi connectivity index (χ3n) is 17.4. The van der Waals surface area contributed by atoms with Crippen molar-refractivity contribution in [2.24, 2.45) is 0 Å². The molecule has 0 aliphatic carbocycles. The van der Waals surface area contributed by atoms with Gasteiger partial charge in [-0.2, -0.15) is 0 Å². The van der Waals surface area contributed by atoms with E-state index >= 15 is 0 Å². The summed E-state index contributed by atoms with van der Waals surface area (Å²) in [6, 6.07) is -4.33. The lowest BCUT2D eigenvalue weighted by Gasteiger charge is -2.30. The Morgan fingerprint density at radius 2 is 0.510 bits per heavy atom. The fraction of sp³-hybridized carbons (Fsp3) is 0.916. The standard InChI is InChI=1S/C83H166N12O9/c1-26-103-60-61-104-59-43-53-69(96)62(89-73(100)66(91-75(102)68(95-83(23,24)25)50-37-42-58-88-79(11,12)13)48-30-28-32-52-71(98)64(93-81(17,18)19)46-35-40-56-86-77(5,6)7)44-33-38-54-84-72(99)65(90-74(101)67(94-82(20,21)22)49-36-41-57-87-78(8,9)10)47-29-27-31-51-70(97)63(92-80(14,15)16)45-34-39-55-85-76(2,3)4/h62-68,85-88,92-95H,26-61H2,1-25H3,(H,84,99)(H,89,100)(H,90,101)(H,91,102). The minimum absolute atomic E-state index is 0.0227. The molecule has 21 heteroatoms. The molecular weight excluding hydrogens is 1310 g/mol. The van der Waals surface area contributed by atoms with Crippen LogP contribution in [-0.2, 0) is 43.0 Å². The van der Waals surface area contributed by atoms with Gasteiger partial charge >= 0.3 is 0 Å². The van der Waals surface area contributed by atoms with Crippen LogP contribution in [0, 0.1) is 0 Å². The van der Waals surface area contributed by atoms with Gasteiger partial charge in [0.25, 0.3) is 0 Å². The van der Waals surface area contributed by atoms with Crippen LogP contribution in [0.2, 0.25) is 0 Å². The van der Waals surface area contributed by atoms with E-state index in [-0.39, 0.29) is 105 Å². The van der Waals surface area contributed by atoms with Crippen LogP contribution in [0.4, 0.5) is 0 Å². The quantitative estimate of drug-likeness (QED) is 0.0252. The highest BCUT2D eigenvalue weighted by Crippen LogP contribution is 2.20. The van der Waals surface area contributed by atoms with Crippen LogP contribution in [0.5, 0.6) is 0 Å². The maximum absolute atomic E-state index is 14.9. The van der Waals surface area contributed by atoms with Crippen molar-refractivity contribution < 1.29 is 43.0 Å². The smallest absolute Gasteiger partial charge is 0.243 e. The summed E-state index contributed by atoms with van der Waals surface area (Å²) in [5.74, 6) is -1.04. The van der Waals surface area contributed by atoms with Crippen LogP contribution < -0.4 is 63.8 Å². The van der Waals surface area contributed by atoms with Gasteiger partial charge in [0.1, 0.15) is 23.7 Å². The summed E-state index contributed by atoms with van der Waals surface area (Å²) in [7, 11) is 0. The second-order valence-corrected chi connectivity index (χ2v) is 38.0. The van der Waals surface area contributed by atoms with E-state index in [1.54, 1.807) is 0 Å². The lowest BCUT2D eigenvalue weighted by molar-refractivity contribution is -0.132. The normalized spacial score (nSPS) is 15.0.